The number of aromatic nitrogens is 2. The number of phosphoric acid groups is 1. The highest BCUT2D eigenvalue weighted by molar-refractivity contribution is 7.49. The maximum Gasteiger partial charge on any atom is 0.588 e. The number of hydrogen-bond acceptors (Lipinski definition) is 6. The number of hydrogen-bond donors (Lipinski definition) is 0. The number of rotatable bonds is 7. The second-order valence-electron chi connectivity index (χ2n) is 4.09. The maximum atomic E-state index is 12.2. The molecule has 0 saturated heterocycles. The Kier molecular flexibility index (Phi) is 5.51. The molecular weight excluding hydrogens is 267 g/mol. The molecule has 0 N–H and O–H groups in total. The predicted octanol–water partition coefficient (Wildman–Crippen LogP) is 3.59. The molecule has 7 heteroatoms. The summed E-state index contributed by atoms with van der Waals surface area (Å²) in [6, 6.07) is 1.57. The zero-order valence-corrected chi connectivity index (χ0v) is 12.5. The fourth-order valence-electron chi connectivity index (χ4n) is 1.31. The Morgan fingerprint density at radius 2 is 2.16 bits per heavy atom. The first-order valence-corrected chi connectivity index (χ1v) is 7.45. The lowest BCUT2D eigenvalue weighted by atomic mass is 10.2. The Morgan fingerprint density at radius 3 is 2.68 bits per heavy atom. The first-order valence-electron chi connectivity index (χ1n) is 5.99. The molecule has 0 aliphatic heterocycles. The lowest BCUT2D eigenvalue weighted by molar-refractivity contribution is 0.201. The van der Waals surface area contributed by atoms with E-state index >= 15 is 0 Å². The van der Waals surface area contributed by atoms with Crippen molar-refractivity contribution in [2.75, 3.05) is 6.61 Å². The second kappa shape index (κ2) is 6.68. The van der Waals surface area contributed by atoms with E-state index in [0.717, 1.165) is 12.0 Å². The van der Waals surface area contributed by atoms with Crippen LogP contribution in [-0.4, -0.2) is 16.6 Å². The number of aryl methyl sites for hydroxylation is 1. The van der Waals surface area contributed by atoms with Gasteiger partial charge < -0.3 is 9.05 Å². The summed E-state index contributed by atoms with van der Waals surface area (Å²) in [6.07, 6.45) is 1.02. The molecule has 0 bridgehead atoms. The lowest BCUT2D eigenvalue weighted by Gasteiger charge is -2.16. The molecule has 19 heavy (non-hydrogen) atoms. The van der Waals surface area contributed by atoms with Crippen LogP contribution >= 0.6 is 7.82 Å². The fourth-order valence-corrected chi connectivity index (χ4v) is 2.29. The van der Waals surface area contributed by atoms with Crippen molar-refractivity contribution in [3.63, 3.8) is 0 Å². The summed E-state index contributed by atoms with van der Waals surface area (Å²) in [5.74, 6) is 0.903. The Hall–Kier alpha value is -1.39. The molecule has 0 aromatic carbocycles. The van der Waals surface area contributed by atoms with Crippen molar-refractivity contribution in [2.24, 2.45) is 0 Å². The molecule has 1 unspecified atom stereocenters. The van der Waals surface area contributed by atoms with Crippen molar-refractivity contribution in [2.45, 2.75) is 33.6 Å². The molecule has 0 aliphatic rings. The zero-order valence-electron chi connectivity index (χ0n) is 11.6. The smallest absolute Gasteiger partial charge is 0.404 e. The first kappa shape index (κ1) is 15.7. The van der Waals surface area contributed by atoms with E-state index in [4.69, 9.17) is 13.6 Å². The van der Waals surface area contributed by atoms with Crippen molar-refractivity contribution >= 4 is 7.82 Å². The average molecular weight is 286 g/mol. The zero-order chi connectivity index (χ0) is 14.5. The third-order valence-electron chi connectivity index (χ3n) is 2.06. The summed E-state index contributed by atoms with van der Waals surface area (Å²) in [7, 11) is -3.72. The number of phosphoric ester groups is 1. The normalized spacial score (nSPS) is 13.9. The number of nitrogens with zero attached hydrogens (tertiary/aromatic N) is 2. The third-order valence-corrected chi connectivity index (χ3v) is 3.45. The van der Waals surface area contributed by atoms with Crippen molar-refractivity contribution in [1.82, 2.24) is 9.97 Å². The summed E-state index contributed by atoms with van der Waals surface area (Å²) in [4.78, 5) is 8.46. The van der Waals surface area contributed by atoms with E-state index in [2.05, 4.69) is 16.5 Å². The van der Waals surface area contributed by atoms with Gasteiger partial charge in [0.25, 0.3) is 0 Å². The van der Waals surface area contributed by atoms with Gasteiger partial charge in [0.05, 0.1) is 12.9 Å². The van der Waals surface area contributed by atoms with Gasteiger partial charge in [-0.25, -0.2) is 9.55 Å². The second-order valence-corrected chi connectivity index (χ2v) is 5.63. The highest BCUT2D eigenvalue weighted by Crippen LogP contribution is 2.49. The molecule has 1 aromatic rings. The summed E-state index contributed by atoms with van der Waals surface area (Å²) in [5, 5.41) is 0. The van der Waals surface area contributed by atoms with Crippen LogP contribution in [0.1, 0.15) is 38.2 Å². The van der Waals surface area contributed by atoms with E-state index in [1.54, 1.807) is 19.9 Å². The molecule has 6 nitrogen and oxygen atoms in total. The highest BCUT2D eigenvalue weighted by Gasteiger charge is 2.29. The Balaban J connectivity index is 3.02. The van der Waals surface area contributed by atoms with E-state index in [1.165, 1.54) is 0 Å². The van der Waals surface area contributed by atoms with E-state index < -0.39 is 7.82 Å². The molecule has 1 aromatic heterocycles. The van der Waals surface area contributed by atoms with Gasteiger partial charge in [0.1, 0.15) is 5.82 Å². The monoisotopic (exact) mass is 286 g/mol. The SMILES string of the molecule is C=COP(=O)(OCC)Oc1cc(C)nc(C(C)C)n1. The minimum Gasteiger partial charge on any atom is -0.404 e. The molecule has 1 atom stereocenters. The van der Waals surface area contributed by atoms with Crippen LogP contribution in [0.5, 0.6) is 5.88 Å². The Bertz CT molecular complexity index is 491. The van der Waals surface area contributed by atoms with Gasteiger partial charge in [0.2, 0.25) is 5.88 Å². The van der Waals surface area contributed by atoms with E-state index in [0.29, 0.717) is 5.82 Å². The van der Waals surface area contributed by atoms with Crippen molar-refractivity contribution < 1.29 is 18.1 Å². The van der Waals surface area contributed by atoms with Crippen LogP contribution in [0.4, 0.5) is 0 Å². The van der Waals surface area contributed by atoms with Crippen LogP contribution in [0.2, 0.25) is 0 Å². The Morgan fingerprint density at radius 1 is 1.47 bits per heavy atom. The molecule has 0 fully saturated rings. The van der Waals surface area contributed by atoms with Gasteiger partial charge in [0.15, 0.2) is 0 Å². The largest absolute Gasteiger partial charge is 0.588 e. The lowest BCUT2D eigenvalue weighted by Crippen LogP contribution is -2.05. The van der Waals surface area contributed by atoms with Gasteiger partial charge in [0, 0.05) is 17.7 Å². The molecular formula is C12H19N2O4P. The summed E-state index contributed by atoms with van der Waals surface area (Å²) >= 11 is 0. The molecule has 1 heterocycles. The third kappa shape index (κ3) is 4.65. The highest BCUT2D eigenvalue weighted by atomic mass is 31.2. The standard InChI is InChI=1S/C12H19N2O4P/c1-6-16-19(15,17-7-2)18-11-8-10(5)13-12(14-11)9(3)4/h6,8-9H,1,7H2,2-5H3. The minimum absolute atomic E-state index is 0.133. The molecule has 0 spiro atoms. The van der Waals surface area contributed by atoms with E-state index in [1.807, 2.05) is 13.8 Å². The van der Waals surface area contributed by atoms with Gasteiger partial charge in [-0.1, -0.05) is 20.4 Å². The minimum atomic E-state index is -3.72. The maximum absolute atomic E-state index is 12.2. The quantitative estimate of drug-likeness (QED) is 0.563. The van der Waals surface area contributed by atoms with Gasteiger partial charge >= 0.3 is 7.82 Å². The van der Waals surface area contributed by atoms with Crippen molar-refractivity contribution in [3.8, 4) is 5.88 Å². The molecule has 0 amide bonds. The van der Waals surface area contributed by atoms with Crippen molar-refractivity contribution in [3.05, 3.63) is 30.4 Å². The van der Waals surface area contributed by atoms with Gasteiger partial charge in [-0.15, -0.1) is 0 Å². The van der Waals surface area contributed by atoms with Crippen molar-refractivity contribution in [1.29, 1.82) is 0 Å². The first-order chi connectivity index (χ1) is 8.90. The molecule has 0 radical (unpaired) electrons. The predicted molar refractivity (Wildman–Crippen MR) is 72.0 cm³/mol. The van der Waals surface area contributed by atoms with Crippen LogP contribution in [0.15, 0.2) is 18.9 Å². The van der Waals surface area contributed by atoms with Gasteiger partial charge in [-0.05, 0) is 13.8 Å². The average Bonchev–Trinajstić information content (AvgIpc) is 2.28. The van der Waals surface area contributed by atoms with E-state index in [9.17, 15) is 4.57 Å². The molecule has 106 valence electrons. The van der Waals surface area contributed by atoms with Crippen LogP contribution in [0.3, 0.4) is 0 Å². The Labute approximate surface area is 113 Å². The van der Waals surface area contributed by atoms with Crippen LogP contribution in [0.25, 0.3) is 0 Å². The van der Waals surface area contributed by atoms with Crippen LogP contribution in [0, 0.1) is 6.92 Å². The fraction of sp³-hybridized carbons (Fsp3) is 0.500. The van der Waals surface area contributed by atoms with Crippen LogP contribution in [-0.2, 0) is 13.6 Å². The van der Waals surface area contributed by atoms with Crippen LogP contribution < -0.4 is 4.52 Å². The molecule has 0 aliphatic carbocycles. The summed E-state index contributed by atoms with van der Waals surface area (Å²) in [6.45, 7) is 10.9. The topological polar surface area (TPSA) is 70.5 Å². The van der Waals surface area contributed by atoms with Gasteiger partial charge in [-0.3, -0.25) is 4.52 Å². The summed E-state index contributed by atoms with van der Waals surface area (Å²) < 4.78 is 27.2. The molecule has 1 rings (SSSR count). The van der Waals surface area contributed by atoms with Gasteiger partial charge in [-0.2, -0.15) is 4.98 Å². The van der Waals surface area contributed by atoms with E-state index in [-0.39, 0.29) is 18.4 Å². The summed E-state index contributed by atoms with van der Waals surface area (Å²) in [5.41, 5.74) is 0.718. The molecule has 0 saturated carbocycles.